The average molecular weight is 253 g/mol. The molecule has 0 saturated carbocycles. The Bertz CT molecular complexity index is 380. The highest BCUT2D eigenvalue weighted by Gasteiger charge is 2.07. The normalized spacial score (nSPS) is 10.7. The minimum atomic E-state index is -0.198. The van der Waals surface area contributed by atoms with Crippen LogP contribution in [0.5, 0.6) is 0 Å². The number of halogens is 1. The summed E-state index contributed by atoms with van der Waals surface area (Å²) in [6.45, 7) is 5.20. The molecule has 0 aliphatic carbocycles. The summed E-state index contributed by atoms with van der Waals surface area (Å²) in [5, 5.41) is 3.11. The van der Waals surface area contributed by atoms with Crippen LogP contribution in [-0.4, -0.2) is 19.1 Å². The molecule has 1 aromatic rings. The Morgan fingerprint density at radius 2 is 2.11 bits per heavy atom. The molecule has 0 fully saturated rings. The number of esters is 1. The van der Waals surface area contributed by atoms with Crippen LogP contribution in [0.25, 0.3) is 0 Å². The summed E-state index contributed by atoms with van der Waals surface area (Å²) in [5.74, 6) is -0.461. The van der Waals surface area contributed by atoms with Crippen LogP contribution in [0.3, 0.4) is 0 Å². The van der Waals surface area contributed by atoms with Crippen molar-refractivity contribution in [1.82, 2.24) is 5.32 Å². The van der Waals surface area contributed by atoms with Gasteiger partial charge in [-0.25, -0.2) is 4.39 Å². The molecule has 1 aromatic carbocycles. The molecule has 0 unspecified atom stereocenters. The molecule has 0 heterocycles. The highest BCUT2D eigenvalue weighted by atomic mass is 19.1. The average Bonchev–Trinajstić information content (AvgIpc) is 2.35. The molecule has 0 aromatic heterocycles. The summed E-state index contributed by atoms with van der Waals surface area (Å²) in [6, 6.07) is 6.68. The van der Waals surface area contributed by atoms with Crippen molar-refractivity contribution in [3.05, 3.63) is 35.6 Å². The van der Waals surface area contributed by atoms with Crippen molar-refractivity contribution in [1.29, 1.82) is 0 Å². The van der Waals surface area contributed by atoms with Gasteiger partial charge in [-0.3, -0.25) is 4.79 Å². The van der Waals surface area contributed by atoms with Crippen molar-refractivity contribution in [2.75, 3.05) is 13.2 Å². The summed E-state index contributed by atoms with van der Waals surface area (Å²) >= 11 is 0. The van der Waals surface area contributed by atoms with Crippen molar-refractivity contribution in [2.45, 2.75) is 26.8 Å². The largest absolute Gasteiger partial charge is 0.465 e. The fraction of sp³-hybridized carbons (Fsp3) is 0.500. The highest BCUT2D eigenvalue weighted by molar-refractivity contribution is 5.71. The number of carbonyl (C=O) groups excluding carboxylic acids is 1. The number of hydrogen-bond acceptors (Lipinski definition) is 3. The van der Waals surface area contributed by atoms with Gasteiger partial charge in [0.25, 0.3) is 0 Å². The van der Waals surface area contributed by atoms with Crippen molar-refractivity contribution >= 4 is 5.97 Å². The maximum absolute atomic E-state index is 13.3. The van der Waals surface area contributed by atoms with Crippen LogP contribution in [0.15, 0.2) is 24.3 Å². The van der Waals surface area contributed by atoms with Gasteiger partial charge in [0.15, 0.2) is 0 Å². The van der Waals surface area contributed by atoms with E-state index in [1.54, 1.807) is 26.0 Å². The molecule has 1 rings (SSSR count). The fourth-order valence-corrected chi connectivity index (χ4v) is 1.40. The van der Waals surface area contributed by atoms with E-state index in [9.17, 15) is 9.18 Å². The van der Waals surface area contributed by atoms with Crippen LogP contribution in [0.4, 0.5) is 4.39 Å². The van der Waals surface area contributed by atoms with Crippen LogP contribution in [0.2, 0.25) is 0 Å². The lowest BCUT2D eigenvalue weighted by molar-refractivity contribution is -0.147. The zero-order valence-electron chi connectivity index (χ0n) is 10.9. The Morgan fingerprint density at radius 1 is 1.39 bits per heavy atom. The van der Waals surface area contributed by atoms with Crippen LogP contribution < -0.4 is 5.32 Å². The number of nitrogens with one attached hydrogen (secondary N) is 1. The Hall–Kier alpha value is -1.42. The SMILES string of the molecule is CC(C)C(=O)OCCCNCc1ccccc1F. The van der Waals surface area contributed by atoms with Crippen molar-refractivity contribution < 1.29 is 13.9 Å². The predicted octanol–water partition coefficient (Wildman–Crippen LogP) is 2.50. The Labute approximate surface area is 107 Å². The molecule has 0 spiro atoms. The molecule has 0 radical (unpaired) electrons. The van der Waals surface area contributed by atoms with Crippen LogP contribution in [-0.2, 0) is 16.1 Å². The second kappa shape index (κ2) is 7.82. The first-order valence-electron chi connectivity index (χ1n) is 6.22. The van der Waals surface area contributed by atoms with E-state index < -0.39 is 0 Å². The minimum Gasteiger partial charge on any atom is -0.465 e. The lowest BCUT2D eigenvalue weighted by atomic mass is 10.2. The van der Waals surface area contributed by atoms with E-state index in [2.05, 4.69) is 5.32 Å². The molecule has 1 N–H and O–H groups in total. The summed E-state index contributed by atoms with van der Waals surface area (Å²) < 4.78 is 18.3. The molecule has 0 atom stereocenters. The van der Waals surface area contributed by atoms with Crippen molar-refractivity contribution in [3.8, 4) is 0 Å². The molecular weight excluding hydrogens is 233 g/mol. The van der Waals surface area contributed by atoms with Gasteiger partial charge < -0.3 is 10.1 Å². The fourth-order valence-electron chi connectivity index (χ4n) is 1.40. The summed E-state index contributed by atoms with van der Waals surface area (Å²) in [7, 11) is 0. The number of hydrogen-bond donors (Lipinski definition) is 1. The molecule has 0 aliphatic rings. The Morgan fingerprint density at radius 3 is 2.78 bits per heavy atom. The minimum absolute atomic E-state index is 0.0867. The van der Waals surface area contributed by atoms with Crippen molar-refractivity contribution in [3.63, 3.8) is 0 Å². The lowest BCUT2D eigenvalue weighted by Gasteiger charge is -2.08. The maximum atomic E-state index is 13.3. The molecular formula is C14H20FNO2. The van der Waals surface area contributed by atoms with E-state index in [1.165, 1.54) is 6.07 Å². The maximum Gasteiger partial charge on any atom is 0.308 e. The zero-order chi connectivity index (χ0) is 13.4. The van der Waals surface area contributed by atoms with Gasteiger partial charge in [-0.2, -0.15) is 0 Å². The molecule has 0 bridgehead atoms. The van der Waals surface area contributed by atoms with E-state index >= 15 is 0 Å². The van der Waals surface area contributed by atoms with Crippen molar-refractivity contribution in [2.24, 2.45) is 5.92 Å². The van der Waals surface area contributed by atoms with Gasteiger partial charge in [0.05, 0.1) is 12.5 Å². The summed E-state index contributed by atoms with van der Waals surface area (Å²) in [6.07, 6.45) is 0.729. The van der Waals surface area contributed by atoms with E-state index in [-0.39, 0.29) is 17.7 Å². The van der Waals surface area contributed by atoms with Crippen LogP contribution in [0.1, 0.15) is 25.8 Å². The second-order valence-electron chi connectivity index (χ2n) is 4.44. The molecule has 0 aliphatic heterocycles. The van der Waals surface area contributed by atoms with E-state index in [0.29, 0.717) is 25.3 Å². The lowest BCUT2D eigenvalue weighted by Crippen LogP contribution is -2.19. The quantitative estimate of drug-likeness (QED) is 0.599. The van der Waals surface area contributed by atoms with Gasteiger partial charge in [-0.1, -0.05) is 32.0 Å². The monoisotopic (exact) mass is 253 g/mol. The topological polar surface area (TPSA) is 38.3 Å². The van der Waals surface area contributed by atoms with Gasteiger partial charge >= 0.3 is 5.97 Å². The first kappa shape index (κ1) is 14.6. The van der Waals surface area contributed by atoms with E-state index in [4.69, 9.17) is 4.74 Å². The zero-order valence-corrected chi connectivity index (χ0v) is 10.9. The van der Waals surface area contributed by atoms with Crippen LogP contribution in [0, 0.1) is 11.7 Å². The number of ether oxygens (including phenoxy) is 1. The predicted molar refractivity (Wildman–Crippen MR) is 68.5 cm³/mol. The molecule has 0 amide bonds. The first-order chi connectivity index (χ1) is 8.61. The van der Waals surface area contributed by atoms with E-state index in [1.807, 2.05) is 6.07 Å². The third-order valence-electron chi connectivity index (χ3n) is 2.49. The smallest absolute Gasteiger partial charge is 0.308 e. The standard InChI is InChI=1S/C14H20FNO2/c1-11(2)14(17)18-9-5-8-16-10-12-6-3-4-7-13(12)15/h3-4,6-7,11,16H,5,8-10H2,1-2H3. The highest BCUT2D eigenvalue weighted by Crippen LogP contribution is 2.05. The first-order valence-corrected chi connectivity index (χ1v) is 6.22. The third kappa shape index (κ3) is 5.27. The Balaban J connectivity index is 2.09. The second-order valence-corrected chi connectivity index (χ2v) is 4.44. The number of rotatable bonds is 7. The summed E-state index contributed by atoms with van der Waals surface area (Å²) in [4.78, 5) is 11.1. The number of benzene rings is 1. The van der Waals surface area contributed by atoms with Gasteiger partial charge in [0, 0.05) is 12.1 Å². The van der Waals surface area contributed by atoms with Gasteiger partial charge in [0.1, 0.15) is 5.82 Å². The van der Waals surface area contributed by atoms with E-state index in [0.717, 1.165) is 6.42 Å². The number of carbonyl (C=O) groups is 1. The molecule has 0 saturated heterocycles. The summed E-state index contributed by atoms with van der Waals surface area (Å²) in [5.41, 5.74) is 0.650. The molecule has 3 nitrogen and oxygen atoms in total. The van der Waals surface area contributed by atoms with Gasteiger partial charge in [-0.05, 0) is 19.0 Å². The van der Waals surface area contributed by atoms with Crippen LogP contribution >= 0.6 is 0 Å². The van der Waals surface area contributed by atoms with Gasteiger partial charge in [0.2, 0.25) is 0 Å². The molecule has 4 heteroatoms. The van der Waals surface area contributed by atoms with Gasteiger partial charge in [-0.15, -0.1) is 0 Å². The molecule has 100 valence electrons. The molecule has 18 heavy (non-hydrogen) atoms. The third-order valence-corrected chi connectivity index (χ3v) is 2.49. The Kier molecular flexibility index (Phi) is 6.36.